The van der Waals surface area contributed by atoms with Gasteiger partial charge in [-0.05, 0) is 30.7 Å². The Balaban J connectivity index is 1.63. The topological polar surface area (TPSA) is 112 Å². The minimum Gasteiger partial charge on any atom is -0.477 e. The van der Waals surface area contributed by atoms with Gasteiger partial charge in [-0.15, -0.1) is 0 Å². The molecule has 150 valence electrons. The summed E-state index contributed by atoms with van der Waals surface area (Å²) in [4.78, 5) is 26.9. The van der Waals surface area contributed by atoms with E-state index < -0.39 is 4.92 Å². The maximum atomic E-state index is 12.4. The molecule has 9 nitrogen and oxygen atoms in total. The lowest BCUT2D eigenvalue weighted by atomic mass is 10.2. The number of carbonyl (C=O) groups excluding carboxylic acids is 1. The zero-order valence-electron chi connectivity index (χ0n) is 15.9. The van der Waals surface area contributed by atoms with Gasteiger partial charge in [0.15, 0.2) is 5.69 Å². The molecule has 0 radical (unpaired) electrons. The molecule has 9 heteroatoms. The highest BCUT2D eigenvalue weighted by molar-refractivity contribution is 5.92. The van der Waals surface area contributed by atoms with Crippen molar-refractivity contribution >= 4 is 11.6 Å². The first kappa shape index (κ1) is 20.0. The number of hydrogen-bond acceptors (Lipinski definition) is 6. The second kappa shape index (κ2) is 9.45. The van der Waals surface area contributed by atoms with Gasteiger partial charge in [-0.3, -0.25) is 14.9 Å². The first-order valence-corrected chi connectivity index (χ1v) is 9.24. The van der Waals surface area contributed by atoms with Crippen molar-refractivity contribution in [2.45, 2.75) is 26.3 Å². The van der Waals surface area contributed by atoms with Gasteiger partial charge in [0.1, 0.15) is 0 Å². The highest BCUT2D eigenvalue weighted by atomic mass is 16.6. The van der Waals surface area contributed by atoms with Gasteiger partial charge >= 0.3 is 0 Å². The molecule has 0 unspecified atom stereocenters. The second-order valence-electron chi connectivity index (χ2n) is 6.27. The first-order valence-electron chi connectivity index (χ1n) is 9.24. The molecule has 0 saturated heterocycles. The molecule has 29 heavy (non-hydrogen) atoms. The van der Waals surface area contributed by atoms with Crippen LogP contribution in [0.25, 0.3) is 5.69 Å². The Morgan fingerprint density at radius 3 is 2.76 bits per heavy atom. The molecule has 0 spiro atoms. The van der Waals surface area contributed by atoms with Crippen molar-refractivity contribution in [2.24, 2.45) is 0 Å². The van der Waals surface area contributed by atoms with Gasteiger partial charge in [0.2, 0.25) is 5.88 Å². The summed E-state index contributed by atoms with van der Waals surface area (Å²) in [7, 11) is 0. The van der Waals surface area contributed by atoms with Crippen LogP contribution in [-0.4, -0.2) is 32.2 Å². The normalized spacial score (nSPS) is 10.5. The highest BCUT2D eigenvalue weighted by Gasteiger charge is 2.13. The van der Waals surface area contributed by atoms with Crippen LogP contribution in [0.15, 0.2) is 54.9 Å². The van der Waals surface area contributed by atoms with E-state index in [9.17, 15) is 14.9 Å². The Bertz CT molecular complexity index is 985. The maximum absolute atomic E-state index is 12.4. The smallest absolute Gasteiger partial charge is 0.272 e. The highest BCUT2D eigenvalue weighted by Crippen LogP contribution is 2.16. The Labute approximate surface area is 167 Å². The molecule has 0 fully saturated rings. The number of aromatic nitrogens is 3. The summed E-state index contributed by atoms with van der Waals surface area (Å²) in [6, 6.07) is 11.1. The number of ether oxygens (including phenoxy) is 1. The minimum absolute atomic E-state index is 0.00713. The van der Waals surface area contributed by atoms with Gasteiger partial charge < -0.3 is 10.1 Å². The second-order valence-corrected chi connectivity index (χ2v) is 6.27. The fraction of sp³-hybridized carbons (Fsp3) is 0.250. The van der Waals surface area contributed by atoms with E-state index >= 15 is 0 Å². The van der Waals surface area contributed by atoms with Gasteiger partial charge in [-0.2, -0.15) is 5.10 Å². The van der Waals surface area contributed by atoms with E-state index in [-0.39, 0.29) is 23.8 Å². The minimum atomic E-state index is -0.468. The average molecular weight is 395 g/mol. The predicted octanol–water partition coefficient (Wildman–Crippen LogP) is 3.28. The monoisotopic (exact) mass is 395 g/mol. The first-order chi connectivity index (χ1) is 14.1. The number of nitro benzene ring substituents is 1. The fourth-order valence-corrected chi connectivity index (χ4v) is 2.58. The van der Waals surface area contributed by atoms with Gasteiger partial charge in [0, 0.05) is 36.6 Å². The quantitative estimate of drug-likeness (QED) is 0.338. The SMILES string of the molecule is CCCCOc1ncccc1CNC(=O)c1ccn(-c2ccc([N+](=O)[O-])cc2)n1. The van der Waals surface area contributed by atoms with Gasteiger partial charge in [0.25, 0.3) is 11.6 Å². The molecule has 1 N–H and O–H groups in total. The summed E-state index contributed by atoms with van der Waals surface area (Å²) in [6.07, 6.45) is 5.23. The van der Waals surface area contributed by atoms with Crippen LogP contribution < -0.4 is 10.1 Å². The number of rotatable bonds is 9. The Morgan fingerprint density at radius 1 is 1.24 bits per heavy atom. The van der Waals surface area contributed by atoms with Crippen LogP contribution in [0, 0.1) is 10.1 Å². The zero-order valence-corrected chi connectivity index (χ0v) is 15.9. The summed E-state index contributed by atoms with van der Waals surface area (Å²) in [5.74, 6) is 0.173. The summed E-state index contributed by atoms with van der Waals surface area (Å²) in [6.45, 7) is 2.92. The van der Waals surface area contributed by atoms with Crippen molar-refractivity contribution < 1.29 is 14.5 Å². The van der Waals surface area contributed by atoms with Crippen molar-refractivity contribution in [3.63, 3.8) is 0 Å². The number of nitrogens with zero attached hydrogens (tertiary/aromatic N) is 4. The van der Waals surface area contributed by atoms with E-state index in [1.165, 1.54) is 16.8 Å². The molecule has 2 aromatic heterocycles. The molecule has 0 aliphatic rings. The van der Waals surface area contributed by atoms with Crippen LogP contribution in [0.4, 0.5) is 5.69 Å². The van der Waals surface area contributed by atoms with Crippen molar-refractivity contribution in [3.8, 4) is 11.6 Å². The van der Waals surface area contributed by atoms with Crippen LogP contribution in [0.1, 0.15) is 35.8 Å². The van der Waals surface area contributed by atoms with Crippen LogP contribution in [0.5, 0.6) is 5.88 Å². The molecular weight excluding hydrogens is 374 g/mol. The molecule has 3 aromatic rings. The fourth-order valence-electron chi connectivity index (χ4n) is 2.58. The number of nitrogens with one attached hydrogen (secondary N) is 1. The average Bonchev–Trinajstić information content (AvgIpc) is 3.23. The molecule has 3 rings (SSSR count). The van der Waals surface area contributed by atoms with Crippen LogP contribution in [0.2, 0.25) is 0 Å². The Kier molecular flexibility index (Phi) is 6.51. The lowest BCUT2D eigenvalue weighted by Crippen LogP contribution is -2.24. The van der Waals surface area contributed by atoms with Crippen LogP contribution in [0.3, 0.4) is 0 Å². The summed E-state index contributed by atoms with van der Waals surface area (Å²) >= 11 is 0. The number of amides is 1. The maximum Gasteiger partial charge on any atom is 0.272 e. The van der Waals surface area contributed by atoms with Crippen LogP contribution >= 0.6 is 0 Å². The zero-order chi connectivity index (χ0) is 20.6. The summed E-state index contributed by atoms with van der Waals surface area (Å²) in [5.41, 5.74) is 1.63. The van der Waals surface area contributed by atoms with Gasteiger partial charge in [-0.1, -0.05) is 19.4 Å². The summed E-state index contributed by atoms with van der Waals surface area (Å²) in [5, 5.41) is 17.8. The van der Waals surface area contributed by atoms with Gasteiger partial charge in [-0.25, -0.2) is 9.67 Å². The molecule has 0 atom stereocenters. The van der Waals surface area contributed by atoms with Crippen molar-refractivity contribution in [1.82, 2.24) is 20.1 Å². The number of nitro groups is 1. The Hall–Kier alpha value is -3.75. The molecule has 2 heterocycles. The van der Waals surface area contributed by atoms with Crippen LogP contribution in [-0.2, 0) is 6.54 Å². The molecule has 0 saturated carbocycles. The third kappa shape index (κ3) is 5.16. The summed E-state index contributed by atoms with van der Waals surface area (Å²) < 4.78 is 7.16. The van der Waals surface area contributed by atoms with E-state index in [1.807, 2.05) is 6.07 Å². The van der Waals surface area contributed by atoms with E-state index in [2.05, 4.69) is 22.3 Å². The molecule has 0 bridgehead atoms. The van der Waals surface area contributed by atoms with E-state index in [4.69, 9.17) is 4.74 Å². The van der Waals surface area contributed by atoms with Gasteiger partial charge in [0.05, 0.1) is 17.2 Å². The largest absolute Gasteiger partial charge is 0.477 e. The standard InChI is InChI=1S/C20H21N5O4/c1-2-3-13-29-20-15(5-4-11-21-20)14-22-19(26)18-10-12-24(23-18)16-6-8-17(9-7-16)25(27)28/h4-12H,2-3,13-14H2,1H3,(H,22,26). The lowest BCUT2D eigenvalue weighted by Gasteiger charge is -2.10. The molecule has 0 aliphatic carbocycles. The van der Waals surface area contributed by atoms with E-state index in [0.29, 0.717) is 18.2 Å². The van der Waals surface area contributed by atoms with Crippen molar-refractivity contribution in [2.75, 3.05) is 6.61 Å². The number of benzene rings is 1. The van der Waals surface area contributed by atoms with E-state index in [0.717, 1.165) is 18.4 Å². The number of pyridine rings is 1. The number of hydrogen-bond donors (Lipinski definition) is 1. The number of non-ortho nitro benzene ring substituents is 1. The van der Waals surface area contributed by atoms with Crippen molar-refractivity contribution in [3.05, 3.63) is 76.2 Å². The van der Waals surface area contributed by atoms with E-state index in [1.54, 1.807) is 36.7 Å². The third-order valence-corrected chi connectivity index (χ3v) is 4.17. The molecule has 1 aromatic carbocycles. The molecule has 0 aliphatic heterocycles. The number of carbonyl (C=O) groups is 1. The molecule has 1 amide bonds. The van der Waals surface area contributed by atoms with Crippen molar-refractivity contribution in [1.29, 1.82) is 0 Å². The molecular formula is C20H21N5O4. The third-order valence-electron chi connectivity index (χ3n) is 4.17. The number of unbranched alkanes of at least 4 members (excludes halogenated alkanes) is 1. The Morgan fingerprint density at radius 2 is 2.03 bits per heavy atom. The predicted molar refractivity (Wildman–Crippen MR) is 106 cm³/mol. The lowest BCUT2D eigenvalue weighted by molar-refractivity contribution is -0.384.